The summed E-state index contributed by atoms with van der Waals surface area (Å²) in [6.07, 6.45) is -2.73. The number of alkyl halides is 3. The third kappa shape index (κ3) is 3.12. The van der Waals surface area contributed by atoms with Crippen LogP contribution < -0.4 is 4.74 Å². The second-order valence-electron chi connectivity index (χ2n) is 7.07. The van der Waals surface area contributed by atoms with E-state index in [1.807, 2.05) is 6.07 Å². The van der Waals surface area contributed by atoms with Gasteiger partial charge in [-0.3, -0.25) is 9.97 Å². The van der Waals surface area contributed by atoms with Crippen LogP contribution in [0, 0.1) is 42.7 Å². The predicted octanol–water partition coefficient (Wildman–Crippen LogP) is 4.90. The van der Waals surface area contributed by atoms with Crippen molar-refractivity contribution in [2.24, 2.45) is 0 Å². The Morgan fingerprint density at radius 2 is 1.43 bits per heavy atom. The fourth-order valence-electron chi connectivity index (χ4n) is 3.90. The first-order chi connectivity index (χ1) is 16.7. The smallest absolute Gasteiger partial charge is 0.386 e. The average molecular weight is 486 g/mol. The number of thiophene rings is 1. The van der Waals surface area contributed by atoms with Crippen LogP contribution in [0.3, 0.4) is 0 Å². The standard InChI is InChI=1S/C22H5F3N8OS/c1-8-6-30-16-14-15-17-19(33-11(7-31-17)34-22(23,24)25)13(10(5-27)29-3)21(15)35-20(14)12(18(16)32-8)9(4-26)28-2/h6-7H,1H3/b12-9+,13-10-. The van der Waals surface area contributed by atoms with Crippen LogP contribution in [-0.4, -0.2) is 26.3 Å². The summed E-state index contributed by atoms with van der Waals surface area (Å²) in [7, 11) is 0. The molecule has 0 atom stereocenters. The van der Waals surface area contributed by atoms with Crippen molar-refractivity contribution < 1.29 is 17.9 Å². The molecule has 0 amide bonds. The quantitative estimate of drug-likeness (QED) is 0.244. The van der Waals surface area contributed by atoms with Crippen LogP contribution >= 0.6 is 11.3 Å². The summed E-state index contributed by atoms with van der Waals surface area (Å²) < 4.78 is 42.2. The first-order valence-electron chi connectivity index (χ1n) is 9.41. The van der Waals surface area contributed by atoms with Crippen LogP contribution in [0.15, 0.2) is 23.8 Å². The molecule has 35 heavy (non-hydrogen) atoms. The third-order valence-corrected chi connectivity index (χ3v) is 6.31. The lowest BCUT2D eigenvalue weighted by molar-refractivity contribution is -0.276. The molecule has 3 aromatic rings. The van der Waals surface area contributed by atoms with Crippen LogP contribution in [0.1, 0.15) is 26.8 Å². The van der Waals surface area contributed by atoms with Gasteiger partial charge in [-0.25, -0.2) is 30.2 Å². The maximum absolute atomic E-state index is 12.8. The average Bonchev–Trinajstić information content (AvgIpc) is 3.41. The Kier molecular flexibility index (Phi) is 4.63. The molecule has 0 saturated carbocycles. The van der Waals surface area contributed by atoms with Crippen molar-refractivity contribution in [2.75, 3.05) is 0 Å². The van der Waals surface area contributed by atoms with E-state index in [1.54, 1.807) is 13.0 Å². The van der Waals surface area contributed by atoms with E-state index in [0.717, 1.165) is 17.5 Å². The first kappa shape index (κ1) is 21.7. The predicted molar refractivity (Wildman–Crippen MR) is 114 cm³/mol. The zero-order valence-electron chi connectivity index (χ0n) is 17.2. The fraction of sp³-hybridized carbons (Fsp3) is 0.0909. The molecule has 0 bridgehead atoms. The molecule has 0 spiro atoms. The molecule has 9 nitrogen and oxygen atoms in total. The number of hydrogen-bond donors (Lipinski definition) is 0. The molecule has 3 aromatic heterocycles. The summed E-state index contributed by atoms with van der Waals surface area (Å²) in [5.74, 6) is -0.848. The highest BCUT2D eigenvalue weighted by molar-refractivity contribution is 7.16. The lowest BCUT2D eigenvalue weighted by atomic mass is 10.1. The Labute approximate surface area is 198 Å². The second-order valence-corrected chi connectivity index (χ2v) is 8.09. The number of rotatable bonds is 1. The highest BCUT2D eigenvalue weighted by Gasteiger charge is 2.42. The lowest BCUT2D eigenvalue weighted by Gasteiger charge is -2.09. The molecule has 0 aliphatic heterocycles. The minimum Gasteiger partial charge on any atom is -0.386 e. The third-order valence-electron chi connectivity index (χ3n) is 5.08. The molecule has 2 aliphatic rings. The first-order valence-corrected chi connectivity index (χ1v) is 10.2. The molecule has 3 heterocycles. The Hall–Kier alpha value is -5.11. The van der Waals surface area contributed by atoms with E-state index in [-0.39, 0.29) is 28.2 Å². The van der Waals surface area contributed by atoms with Crippen molar-refractivity contribution in [3.05, 3.63) is 73.5 Å². The van der Waals surface area contributed by atoms with Crippen molar-refractivity contribution in [3.8, 4) is 40.5 Å². The Morgan fingerprint density at radius 1 is 0.914 bits per heavy atom. The monoisotopic (exact) mass is 486 g/mol. The molecule has 0 aromatic carbocycles. The molecule has 0 N–H and O–H groups in total. The number of nitrogens with zero attached hydrogens (tertiary/aromatic N) is 8. The van der Waals surface area contributed by atoms with Crippen molar-refractivity contribution >= 4 is 22.5 Å². The number of hydrogen-bond acceptors (Lipinski definition) is 8. The fourth-order valence-corrected chi connectivity index (χ4v) is 5.29. The van der Waals surface area contributed by atoms with Crippen molar-refractivity contribution in [2.45, 2.75) is 13.3 Å². The largest absolute Gasteiger partial charge is 0.574 e. The lowest BCUT2D eigenvalue weighted by Crippen LogP contribution is -2.18. The number of nitriles is 2. The van der Waals surface area contributed by atoms with E-state index in [2.05, 4.69) is 34.4 Å². The number of allylic oxidation sites excluding steroid dienone is 2. The van der Waals surface area contributed by atoms with Gasteiger partial charge in [0.05, 0.1) is 59.9 Å². The number of aryl methyl sites for hydroxylation is 1. The summed E-state index contributed by atoms with van der Waals surface area (Å²) in [4.78, 5) is 24.3. The van der Waals surface area contributed by atoms with Gasteiger partial charge in [-0.15, -0.1) is 24.5 Å². The van der Waals surface area contributed by atoms with Gasteiger partial charge in [0.1, 0.15) is 0 Å². The molecular weight excluding hydrogens is 481 g/mol. The molecule has 2 aliphatic carbocycles. The van der Waals surface area contributed by atoms with Gasteiger partial charge >= 0.3 is 6.36 Å². The van der Waals surface area contributed by atoms with Gasteiger partial charge in [-0.1, -0.05) is 0 Å². The van der Waals surface area contributed by atoms with E-state index < -0.39 is 17.9 Å². The Bertz CT molecular complexity index is 1690. The van der Waals surface area contributed by atoms with E-state index in [9.17, 15) is 23.7 Å². The van der Waals surface area contributed by atoms with Crippen molar-refractivity contribution in [3.63, 3.8) is 0 Å². The Balaban J connectivity index is 1.89. The zero-order valence-corrected chi connectivity index (χ0v) is 18.0. The van der Waals surface area contributed by atoms with E-state index in [0.29, 0.717) is 38.0 Å². The van der Waals surface area contributed by atoms with Gasteiger partial charge in [0.25, 0.3) is 11.4 Å². The summed E-state index contributed by atoms with van der Waals surface area (Å²) in [6.45, 7) is 16.5. The highest BCUT2D eigenvalue weighted by atomic mass is 32.1. The molecule has 13 heteroatoms. The Morgan fingerprint density at radius 3 is 1.91 bits per heavy atom. The van der Waals surface area contributed by atoms with Crippen LogP contribution in [-0.2, 0) is 0 Å². The SMILES string of the molecule is [C-]#[N+]/C(C#N)=C1/c2nc(OC(F)(F)F)cnc2-c2c1sc1c2-c2ncc(C)nc2/C1=C(/C#N)[N+]#[C-]. The van der Waals surface area contributed by atoms with Crippen molar-refractivity contribution in [1.82, 2.24) is 19.9 Å². The summed E-state index contributed by atoms with van der Waals surface area (Å²) in [5.41, 5.74) is 1.68. The second kappa shape index (κ2) is 7.46. The summed E-state index contributed by atoms with van der Waals surface area (Å²) in [6, 6.07) is 3.62. The van der Waals surface area contributed by atoms with E-state index >= 15 is 0 Å². The van der Waals surface area contributed by atoms with Gasteiger partial charge < -0.3 is 4.74 Å². The minimum absolute atomic E-state index is 0.00526. The maximum atomic E-state index is 12.8. The zero-order chi connectivity index (χ0) is 25.1. The van der Waals surface area contributed by atoms with Gasteiger partial charge in [-0.2, -0.15) is 0 Å². The van der Waals surface area contributed by atoms with Crippen LogP contribution in [0.2, 0.25) is 0 Å². The van der Waals surface area contributed by atoms with E-state index in [4.69, 9.17) is 13.1 Å². The molecule has 0 fully saturated rings. The molecule has 166 valence electrons. The van der Waals surface area contributed by atoms with Crippen LogP contribution in [0.4, 0.5) is 13.2 Å². The number of ether oxygens (including phenoxy) is 1. The highest BCUT2D eigenvalue weighted by Crippen LogP contribution is 2.59. The molecule has 0 unspecified atom stereocenters. The van der Waals surface area contributed by atoms with Crippen LogP contribution in [0.25, 0.3) is 43.4 Å². The van der Waals surface area contributed by atoms with Gasteiger partial charge in [-0.05, 0) is 6.92 Å². The molecule has 0 saturated heterocycles. The molecule has 5 rings (SSSR count). The molecular formula is C22H5F3N8OS. The number of halogens is 3. The topological polar surface area (TPSA) is 117 Å². The van der Waals surface area contributed by atoms with Crippen LogP contribution in [0.5, 0.6) is 5.88 Å². The number of fused-ring (bicyclic) bond motifs is 7. The van der Waals surface area contributed by atoms with E-state index in [1.165, 1.54) is 6.20 Å². The number of aromatic nitrogens is 4. The van der Waals surface area contributed by atoms with Gasteiger partial charge in [0.15, 0.2) is 0 Å². The van der Waals surface area contributed by atoms with Crippen molar-refractivity contribution in [1.29, 1.82) is 10.5 Å². The maximum Gasteiger partial charge on any atom is 0.574 e. The minimum atomic E-state index is -5.02. The summed E-state index contributed by atoms with van der Waals surface area (Å²) >= 11 is 1.06. The normalized spacial score (nSPS) is 15.4. The summed E-state index contributed by atoms with van der Waals surface area (Å²) in [5, 5.41) is 19.1. The molecule has 0 radical (unpaired) electrons. The van der Waals surface area contributed by atoms with Gasteiger partial charge in [0.2, 0.25) is 5.88 Å². The van der Waals surface area contributed by atoms with Gasteiger partial charge in [0, 0.05) is 38.2 Å².